The van der Waals surface area contributed by atoms with Gasteiger partial charge in [-0.15, -0.1) is 0 Å². The molecule has 1 N–H and O–H groups in total. The summed E-state index contributed by atoms with van der Waals surface area (Å²) in [6.07, 6.45) is 2.94. The van der Waals surface area contributed by atoms with Crippen LogP contribution < -0.4 is 5.32 Å². The molecule has 0 aromatic heterocycles. The summed E-state index contributed by atoms with van der Waals surface area (Å²) in [4.78, 5) is 0. The van der Waals surface area contributed by atoms with E-state index < -0.39 is 9.84 Å². The summed E-state index contributed by atoms with van der Waals surface area (Å²) in [5.41, 5.74) is 0.207. The van der Waals surface area contributed by atoms with Gasteiger partial charge in [0.2, 0.25) is 0 Å². The molecule has 4 heteroatoms. The molecule has 0 bridgehead atoms. The zero-order valence-electron chi connectivity index (χ0n) is 12.5. The number of nitrogens with one attached hydrogen (secondary N) is 1. The fourth-order valence-electron chi connectivity index (χ4n) is 3.02. The summed E-state index contributed by atoms with van der Waals surface area (Å²) in [5, 5.41) is 3.17. The standard InChI is InChI=1S/C14H29NO2S/c1-6-15-12-9-8-11(14(3,4)5)10-13(12)18(16,17)7-2/h11-13,15H,6-10H2,1-5H3. The van der Waals surface area contributed by atoms with E-state index >= 15 is 0 Å². The van der Waals surface area contributed by atoms with Crippen LogP contribution in [0.1, 0.15) is 53.9 Å². The van der Waals surface area contributed by atoms with E-state index in [1.165, 1.54) is 0 Å². The minimum atomic E-state index is -2.95. The van der Waals surface area contributed by atoms with E-state index in [-0.39, 0.29) is 22.5 Å². The highest BCUT2D eigenvalue weighted by molar-refractivity contribution is 7.92. The van der Waals surface area contributed by atoms with Crippen LogP contribution in [-0.4, -0.2) is 32.0 Å². The second-order valence-corrected chi connectivity index (χ2v) is 9.04. The first-order valence-corrected chi connectivity index (χ1v) is 8.88. The third kappa shape index (κ3) is 3.70. The van der Waals surface area contributed by atoms with E-state index in [1.54, 1.807) is 6.92 Å². The van der Waals surface area contributed by atoms with Crippen LogP contribution >= 0.6 is 0 Å². The largest absolute Gasteiger partial charge is 0.313 e. The van der Waals surface area contributed by atoms with Crippen molar-refractivity contribution in [2.75, 3.05) is 12.3 Å². The third-order valence-corrected chi connectivity index (χ3v) is 6.59. The van der Waals surface area contributed by atoms with Gasteiger partial charge in [0.25, 0.3) is 0 Å². The van der Waals surface area contributed by atoms with Gasteiger partial charge >= 0.3 is 0 Å². The molecule has 18 heavy (non-hydrogen) atoms. The average molecular weight is 275 g/mol. The molecule has 1 aliphatic carbocycles. The highest BCUT2D eigenvalue weighted by atomic mass is 32.2. The first kappa shape index (κ1) is 16.0. The lowest BCUT2D eigenvalue weighted by molar-refractivity contribution is 0.163. The van der Waals surface area contributed by atoms with Crippen molar-refractivity contribution >= 4 is 9.84 Å². The molecule has 1 rings (SSSR count). The van der Waals surface area contributed by atoms with E-state index in [1.807, 2.05) is 6.92 Å². The smallest absolute Gasteiger partial charge is 0.154 e. The minimum absolute atomic E-state index is 0.151. The zero-order valence-corrected chi connectivity index (χ0v) is 13.3. The van der Waals surface area contributed by atoms with Crippen LogP contribution in [0.2, 0.25) is 0 Å². The van der Waals surface area contributed by atoms with Crippen molar-refractivity contribution in [1.29, 1.82) is 0 Å². The van der Waals surface area contributed by atoms with E-state index in [4.69, 9.17) is 0 Å². The van der Waals surface area contributed by atoms with Gasteiger partial charge in [-0.05, 0) is 37.1 Å². The number of hydrogen-bond donors (Lipinski definition) is 1. The number of rotatable bonds is 4. The highest BCUT2D eigenvalue weighted by Crippen LogP contribution is 2.40. The molecule has 0 aromatic carbocycles. The first-order chi connectivity index (χ1) is 8.22. The summed E-state index contributed by atoms with van der Waals surface area (Å²) < 4.78 is 24.5. The highest BCUT2D eigenvalue weighted by Gasteiger charge is 2.40. The van der Waals surface area contributed by atoms with E-state index in [9.17, 15) is 8.42 Å². The van der Waals surface area contributed by atoms with Crippen LogP contribution in [0.15, 0.2) is 0 Å². The Morgan fingerprint density at radius 3 is 2.22 bits per heavy atom. The predicted molar refractivity (Wildman–Crippen MR) is 77.5 cm³/mol. The summed E-state index contributed by atoms with van der Waals surface area (Å²) in [7, 11) is -2.95. The molecule has 0 radical (unpaired) electrons. The van der Waals surface area contributed by atoms with Gasteiger partial charge in [-0.2, -0.15) is 0 Å². The molecule has 0 spiro atoms. The Kier molecular flexibility index (Phi) is 5.24. The van der Waals surface area contributed by atoms with Gasteiger partial charge in [0.05, 0.1) is 5.25 Å². The lowest BCUT2D eigenvalue weighted by Gasteiger charge is -2.41. The van der Waals surface area contributed by atoms with E-state index in [0.717, 1.165) is 25.8 Å². The number of sulfone groups is 1. The van der Waals surface area contributed by atoms with E-state index in [0.29, 0.717) is 5.92 Å². The molecule has 1 fully saturated rings. The molecule has 3 atom stereocenters. The van der Waals surface area contributed by atoms with Crippen LogP contribution in [0.25, 0.3) is 0 Å². The van der Waals surface area contributed by atoms with Crippen molar-refractivity contribution < 1.29 is 8.42 Å². The van der Waals surface area contributed by atoms with Gasteiger partial charge < -0.3 is 5.32 Å². The number of hydrogen-bond acceptors (Lipinski definition) is 3. The second-order valence-electron chi connectivity index (χ2n) is 6.53. The Morgan fingerprint density at radius 2 is 1.78 bits per heavy atom. The molecule has 3 nitrogen and oxygen atoms in total. The van der Waals surface area contributed by atoms with Crippen molar-refractivity contribution in [2.45, 2.75) is 65.2 Å². The van der Waals surface area contributed by atoms with Crippen molar-refractivity contribution in [3.63, 3.8) is 0 Å². The molecule has 1 saturated carbocycles. The van der Waals surface area contributed by atoms with Gasteiger partial charge in [0, 0.05) is 11.8 Å². The molecular weight excluding hydrogens is 246 g/mol. The molecule has 108 valence electrons. The van der Waals surface area contributed by atoms with Crippen molar-refractivity contribution in [3.8, 4) is 0 Å². The quantitative estimate of drug-likeness (QED) is 0.858. The Balaban J connectivity index is 2.90. The van der Waals surface area contributed by atoms with E-state index in [2.05, 4.69) is 26.1 Å². The van der Waals surface area contributed by atoms with Gasteiger partial charge in [-0.3, -0.25) is 0 Å². The maximum absolute atomic E-state index is 12.3. The first-order valence-electron chi connectivity index (χ1n) is 7.17. The maximum atomic E-state index is 12.3. The normalized spacial score (nSPS) is 30.4. The Bertz CT molecular complexity index is 356. The van der Waals surface area contributed by atoms with Gasteiger partial charge in [-0.25, -0.2) is 8.42 Å². The van der Waals surface area contributed by atoms with Crippen LogP contribution in [0.4, 0.5) is 0 Å². The second kappa shape index (κ2) is 5.91. The van der Waals surface area contributed by atoms with Crippen LogP contribution in [0.3, 0.4) is 0 Å². The monoisotopic (exact) mass is 275 g/mol. The minimum Gasteiger partial charge on any atom is -0.313 e. The van der Waals surface area contributed by atoms with Gasteiger partial charge in [0.15, 0.2) is 9.84 Å². The maximum Gasteiger partial charge on any atom is 0.154 e. The lowest BCUT2D eigenvalue weighted by atomic mass is 9.71. The van der Waals surface area contributed by atoms with Crippen LogP contribution in [-0.2, 0) is 9.84 Å². The predicted octanol–water partition coefficient (Wildman–Crippen LogP) is 2.61. The van der Waals surface area contributed by atoms with Crippen molar-refractivity contribution in [2.24, 2.45) is 11.3 Å². The van der Waals surface area contributed by atoms with Crippen molar-refractivity contribution in [3.05, 3.63) is 0 Å². The van der Waals surface area contributed by atoms with Crippen LogP contribution in [0.5, 0.6) is 0 Å². The van der Waals surface area contributed by atoms with Crippen molar-refractivity contribution in [1.82, 2.24) is 5.32 Å². The molecule has 0 aromatic rings. The lowest BCUT2D eigenvalue weighted by Crippen LogP contribution is -2.50. The Labute approximate surface area is 113 Å². The molecule has 0 saturated heterocycles. The summed E-state index contributed by atoms with van der Waals surface area (Å²) in [5.74, 6) is 0.773. The summed E-state index contributed by atoms with van der Waals surface area (Å²) >= 11 is 0. The Morgan fingerprint density at radius 1 is 1.17 bits per heavy atom. The molecule has 3 unspecified atom stereocenters. The molecule has 0 heterocycles. The molecule has 0 amide bonds. The fraction of sp³-hybridized carbons (Fsp3) is 1.00. The topological polar surface area (TPSA) is 46.2 Å². The fourth-order valence-corrected chi connectivity index (χ4v) is 4.71. The third-order valence-electron chi connectivity index (χ3n) is 4.35. The van der Waals surface area contributed by atoms with Gasteiger partial charge in [-0.1, -0.05) is 34.6 Å². The van der Waals surface area contributed by atoms with Gasteiger partial charge in [0.1, 0.15) is 0 Å². The van der Waals surface area contributed by atoms with Crippen LogP contribution in [0, 0.1) is 11.3 Å². The summed E-state index contributed by atoms with van der Waals surface area (Å²) in [6.45, 7) is 11.3. The molecular formula is C14H29NO2S. The zero-order chi connectivity index (χ0) is 14.0. The molecule has 0 aliphatic heterocycles. The summed E-state index contributed by atoms with van der Waals surface area (Å²) in [6, 6.07) is 0.151. The SMILES string of the molecule is CCNC1CCC(C(C)(C)C)CC1S(=O)(=O)CC. The molecule has 1 aliphatic rings. The Hall–Kier alpha value is -0.0900. The average Bonchev–Trinajstić information content (AvgIpc) is 2.28.